The second-order valence-electron chi connectivity index (χ2n) is 3.70. The maximum absolute atomic E-state index is 11.4. The molecule has 0 aliphatic carbocycles. The lowest BCUT2D eigenvalue weighted by Gasteiger charge is -2.05. The fraction of sp³-hybridized carbons (Fsp3) is 0.0769. The van der Waals surface area contributed by atoms with E-state index in [1.54, 1.807) is 24.3 Å². The van der Waals surface area contributed by atoms with Gasteiger partial charge in [-0.25, -0.2) is 0 Å². The average molecular weight is 261 g/mol. The number of benzene rings is 1. The second-order valence-corrected chi connectivity index (χ2v) is 4.71. The van der Waals surface area contributed by atoms with Crippen molar-refractivity contribution >= 4 is 29.0 Å². The number of thioether (sulfide) groups is 1. The van der Waals surface area contributed by atoms with E-state index < -0.39 is 11.1 Å². The molecule has 1 aliphatic heterocycles. The highest BCUT2D eigenvalue weighted by Crippen LogP contribution is 2.30. The minimum absolute atomic E-state index is 0.109. The Morgan fingerprint density at radius 1 is 1.39 bits per heavy atom. The third-order valence-corrected chi connectivity index (χ3v) is 3.25. The number of phenolic OH excluding ortho intramolecular Hbond substituents is 1. The Bertz CT molecular complexity index is 563. The SMILES string of the molecule is C=CCc1cccc(/C=C2/SC(=O)NC2=O)c1O. The summed E-state index contributed by atoms with van der Waals surface area (Å²) < 4.78 is 0. The van der Waals surface area contributed by atoms with E-state index in [0.29, 0.717) is 12.0 Å². The molecule has 0 spiro atoms. The fourth-order valence-corrected chi connectivity index (χ4v) is 2.28. The van der Waals surface area contributed by atoms with Crippen LogP contribution in [0.15, 0.2) is 35.8 Å². The first-order valence-electron chi connectivity index (χ1n) is 5.28. The lowest BCUT2D eigenvalue weighted by molar-refractivity contribution is -0.115. The number of carbonyl (C=O) groups is 2. The number of carbonyl (C=O) groups excluding carboxylic acids is 2. The monoisotopic (exact) mass is 261 g/mol. The Morgan fingerprint density at radius 2 is 2.17 bits per heavy atom. The molecule has 5 heteroatoms. The second kappa shape index (κ2) is 5.10. The van der Waals surface area contributed by atoms with Gasteiger partial charge in [-0.05, 0) is 29.8 Å². The number of amides is 2. The molecule has 4 nitrogen and oxygen atoms in total. The summed E-state index contributed by atoms with van der Waals surface area (Å²) >= 11 is 0.827. The average Bonchev–Trinajstić information content (AvgIpc) is 2.63. The van der Waals surface area contributed by atoms with Crippen molar-refractivity contribution in [2.45, 2.75) is 6.42 Å². The summed E-state index contributed by atoms with van der Waals surface area (Å²) in [7, 11) is 0. The van der Waals surface area contributed by atoms with Crippen LogP contribution in [0.4, 0.5) is 4.79 Å². The molecule has 1 saturated heterocycles. The number of hydrogen-bond donors (Lipinski definition) is 2. The van der Waals surface area contributed by atoms with Crippen LogP contribution in [0.25, 0.3) is 6.08 Å². The Labute approximate surface area is 108 Å². The van der Waals surface area contributed by atoms with Gasteiger partial charge in [-0.3, -0.25) is 14.9 Å². The molecule has 1 aromatic carbocycles. The first kappa shape index (κ1) is 12.4. The third kappa shape index (κ3) is 2.46. The summed E-state index contributed by atoms with van der Waals surface area (Å²) in [6.07, 6.45) is 3.74. The maximum atomic E-state index is 11.4. The van der Waals surface area contributed by atoms with Crippen LogP contribution in [0.3, 0.4) is 0 Å². The lowest BCUT2D eigenvalue weighted by atomic mass is 10.1. The van der Waals surface area contributed by atoms with Gasteiger partial charge in [0, 0.05) is 5.56 Å². The van der Waals surface area contributed by atoms with E-state index in [4.69, 9.17) is 0 Å². The van der Waals surface area contributed by atoms with Gasteiger partial charge in [-0.1, -0.05) is 24.3 Å². The third-order valence-electron chi connectivity index (χ3n) is 2.44. The van der Waals surface area contributed by atoms with Crippen molar-refractivity contribution in [2.24, 2.45) is 0 Å². The summed E-state index contributed by atoms with van der Waals surface area (Å²) in [5.74, 6) is -0.323. The molecule has 2 rings (SSSR count). The van der Waals surface area contributed by atoms with Crippen molar-refractivity contribution in [1.82, 2.24) is 5.32 Å². The molecule has 92 valence electrons. The minimum atomic E-state index is -0.432. The van der Waals surface area contributed by atoms with E-state index in [-0.39, 0.29) is 10.7 Å². The molecule has 18 heavy (non-hydrogen) atoms. The molecular formula is C13H11NO3S. The molecule has 0 unspecified atom stereocenters. The van der Waals surface area contributed by atoms with Crippen molar-refractivity contribution in [3.63, 3.8) is 0 Å². The van der Waals surface area contributed by atoms with Gasteiger partial charge in [0.25, 0.3) is 11.1 Å². The Hall–Kier alpha value is -2.01. The largest absolute Gasteiger partial charge is 0.507 e. The normalized spacial score (nSPS) is 17.0. The lowest BCUT2D eigenvalue weighted by Crippen LogP contribution is -2.17. The molecule has 0 bridgehead atoms. The first-order valence-corrected chi connectivity index (χ1v) is 6.10. The molecule has 0 atom stereocenters. The number of para-hydroxylation sites is 1. The summed E-state index contributed by atoms with van der Waals surface area (Å²) in [4.78, 5) is 22.7. The first-order chi connectivity index (χ1) is 8.61. The highest BCUT2D eigenvalue weighted by molar-refractivity contribution is 8.18. The van der Waals surface area contributed by atoms with Crippen molar-refractivity contribution < 1.29 is 14.7 Å². The summed E-state index contributed by atoms with van der Waals surface area (Å²) in [5, 5.41) is 11.8. The van der Waals surface area contributed by atoms with Crippen LogP contribution >= 0.6 is 11.8 Å². The van der Waals surface area contributed by atoms with Gasteiger partial charge in [-0.15, -0.1) is 6.58 Å². The van der Waals surface area contributed by atoms with Gasteiger partial charge in [0.2, 0.25) is 0 Å². The summed E-state index contributed by atoms with van der Waals surface area (Å²) in [6.45, 7) is 3.61. The molecule has 0 saturated carbocycles. The molecular weight excluding hydrogens is 250 g/mol. The van der Waals surface area contributed by atoms with Gasteiger partial charge in [0.05, 0.1) is 4.91 Å². The molecule has 1 aromatic rings. The maximum Gasteiger partial charge on any atom is 0.290 e. The smallest absolute Gasteiger partial charge is 0.290 e. The quantitative estimate of drug-likeness (QED) is 0.648. The number of rotatable bonds is 3. The van der Waals surface area contributed by atoms with E-state index >= 15 is 0 Å². The van der Waals surface area contributed by atoms with Crippen molar-refractivity contribution in [2.75, 3.05) is 0 Å². The van der Waals surface area contributed by atoms with E-state index in [1.165, 1.54) is 6.08 Å². The van der Waals surface area contributed by atoms with Crippen LogP contribution in [0, 0.1) is 0 Å². The van der Waals surface area contributed by atoms with Crippen LogP contribution in [-0.2, 0) is 11.2 Å². The van der Waals surface area contributed by atoms with Gasteiger partial charge >= 0.3 is 0 Å². The van der Waals surface area contributed by atoms with Crippen LogP contribution in [0.2, 0.25) is 0 Å². The minimum Gasteiger partial charge on any atom is -0.507 e. The highest BCUT2D eigenvalue weighted by Gasteiger charge is 2.25. The Balaban J connectivity index is 2.37. The molecule has 1 heterocycles. The molecule has 2 N–H and O–H groups in total. The summed E-state index contributed by atoms with van der Waals surface area (Å²) in [6, 6.07) is 5.25. The van der Waals surface area contributed by atoms with Crippen LogP contribution < -0.4 is 5.32 Å². The van der Waals surface area contributed by atoms with Crippen molar-refractivity contribution in [3.05, 3.63) is 46.9 Å². The molecule has 1 aliphatic rings. The molecule has 0 radical (unpaired) electrons. The molecule has 2 amide bonds. The number of aromatic hydroxyl groups is 1. The number of nitrogens with one attached hydrogen (secondary N) is 1. The van der Waals surface area contributed by atoms with Gasteiger partial charge in [0.1, 0.15) is 5.75 Å². The van der Waals surface area contributed by atoms with E-state index in [9.17, 15) is 14.7 Å². The number of hydrogen-bond acceptors (Lipinski definition) is 4. The predicted octanol–water partition coefficient (Wildman–Crippen LogP) is 2.44. The Kier molecular flexibility index (Phi) is 3.53. The van der Waals surface area contributed by atoms with E-state index in [2.05, 4.69) is 11.9 Å². The number of allylic oxidation sites excluding steroid dienone is 1. The van der Waals surface area contributed by atoms with Gasteiger partial charge in [-0.2, -0.15) is 0 Å². The topological polar surface area (TPSA) is 66.4 Å². The molecule has 1 fully saturated rings. The Morgan fingerprint density at radius 3 is 2.78 bits per heavy atom. The van der Waals surface area contributed by atoms with Crippen LogP contribution in [0.5, 0.6) is 5.75 Å². The van der Waals surface area contributed by atoms with E-state index in [1.807, 2.05) is 0 Å². The van der Waals surface area contributed by atoms with Crippen LogP contribution in [0.1, 0.15) is 11.1 Å². The standard InChI is InChI=1S/C13H11NO3S/c1-2-4-8-5-3-6-9(11(8)15)7-10-12(16)14-13(17)18-10/h2-3,5-7,15H,1,4H2,(H,14,16,17)/b10-7+. The zero-order valence-corrected chi connectivity index (χ0v) is 10.3. The molecule has 0 aromatic heterocycles. The van der Waals surface area contributed by atoms with E-state index in [0.717, 1.165) is 17.3 Å². The highest BCUT2D eigenvalue weighted by atomic mass is 32.2. The zero-order valence-electron chi connectivity index (χ0n) is 9.47. The number of phenols is 1. The fourth-order valence-electron chi connectivity index (χ4n) is 1.61. The van der Waals surface area contributed by atoms with Gasteiger partial charge < -0.3 is 5.11 Å². The van der Waals surface area contributed by atoms with Crippen molar-refractivity contribution in [3.8, 4) is 5.75 Å². The number of imide groups is 1. The summed E-state index contributed by atoms with van der Waals surface area (Å²) in [5.41, 5.74) is 1.25. The van der Waals surface area contributed by atoms with Crippen LogP contribution in [-0.4, -0.2) is 16.3 Å². The van der Waals surface area contributed by atoms with Gasteiger partial charge in [0.15, 0.2) is 0 Å². The predicted molar refractivity (Wildman–Crippen MR) is 71.1 cm³/mol. The van der Waals surface area contributed by atoms with Crippen molar-refractivity contribution in [1.29, 1.82) is 0 Å². The zero-order chi connectivity index (χ0) is 13.1.